The van der Waals surface area contributed by atoms with Crippen molar-refractivity contribution in [1.82, 2.24) is 4.90 Å². The summed E-state index contributed by atoms with van der Waals surface area (Å²) in [7, 11) is 0. The van der Waals surface area contributed by atoms with Crippen molar-refractivity contribution in [2.75, 3.05) is 18.4 Å². The number of carbonyl (C=O) groups is 2. The Morgan fingerprint density at radius 2 is 1.86 bits per heavy atom. The number of nitrogens with zero attached hydrogens (tertiary/aromatic N) is 2. The van der Waals surface area contributed by atoms with Crippen molar-refractivity contribution in [3.8, 4) is 11.8 Å². The number of anilines is 1. The average Bonchev–Trinajstić information content (AvgIpc) is 2.69. The van der Waals surface area contributed by atoms with E-state index in [1.807, 2.05) is 44.2 Å². The van der Waals surface area contributed by atoms with Crippen molar-refractivity contribution in [2.24, 2.45) is 0 Å². The molecule has 0 fully saturated rings. The van der Waals surface area contributed by atoms with Gasteiger partial charge < -0.3 is 15.0 Å². The van der Waals surface area contributed by atoms with Crippen LogP contribution in [0.1, 0.15) is 31.4 Å². The summed E-state index contributed by atoms with van der Waals surface area (Å²) in [6, 6.07) is 16.3. The van der Waals surface area contributed by atoms with Crippen molar-refractivity contribution in [3.05, 3.63) is 59.7 Å². The first-order valence-electron chi connectivity index (χ1n) is 9.26. The van der Waals surface area contributed by atoms with Gasteiger partial charge in [-0.15, -0.1) is 0 Å². The van der Waals surface area contributed by atoms with Gasteiger partial charge in [0.2, 0.25) is 5.91 Å². The summed E-state index contributed by atoms with van der Waals surface area (Å²) >= 11 is 0. The molecular formula is C22H25N3O3. The Kier molecular flexibility index (Phi) is 7.58. The molecule has 1 N–H and O–H groups in total. The van der Waals surface area contributed by atoms with Gasteiger partial charge in [-0.25, -0.2) is 0 Å². The van der Waals surface area contributed by atoms with Gasteiger partial charge in [0.15, 0.2) is 6.10 Å². The molecular weight excluding hydrogens is 354 g/mol. The van der Waals surface area contributed by atoms with Crippen LogP contribution in [0, 0.1) is 18.3 Å². The smallest absolute Gasteiger partial charge is 0.263 e. The lowest BCUT2D eigenvalue weighted by Crippen LogP contribution is -2.44. The summed E-state index contributed by atoms with van der Waals surface area (Å²) in [5.74, 6) is -0.207. The molecule has 0 aliphatic carbocycles. The highest BCUT2D eigenvalue weighted by molar-refractivity contribution is 5.95. The molecule has 0 heterocycles. The number of rotatable bonds is 8. The van der Waals surface area contributed by atoms with Crippen LogP contribution in [-0.4, -0.2) is 35.9 Å². The summed E-state index contributed by atoms with van der Waals surface area (Å²) in [5.41, 5.74) is 2.04. The molecule has 0 aliphatic rings. The van der Waals surface area contributed by atoms with Gasteiger partial charge in [0.25, 0.3) is 5.91 Å². The van der Waals surface area contributed by atoms with Gasteiger partial charge in [-0.2, -0.15) is 5.26 Å². The second-order valence-corrected chi connectivity index (χ2v) is 6.49. The number of nitriles is 1. The van der Waals surface area contributed by atoms with Gasteiger partial charge in [-0.1, -0.05) is 37.3 Å². The topological polar surface area (TPSA) is 82.4 Å². The van der Waals surface area contributed by atoms with E-state index >= 15 is 0 Å². The van der Waals surface area contributed by atoms with Crippen molar-refractivity contribution in [3.63, 3.8) is 0 Å². The Morgan fingerprint density at radius 1 is 1.18 bits per heavy atom. The van der Waals surface area contributed by atoms with Gasteiger partial charge in [0, 0.05) is 12.2 Å². The van der Waals surface area contributed by atoms with Crippen LogP contribution >= 0.6 is 0 Å². The molecule has 0 aromatic heterocycles. The monoisotopic (exact) mass is 379 g/mol. The lowest BCUT2D eigenvalue weighted by molar-refractivity contribution is -0.140. The maximum Gasteiger partial charge on any atom is 0.263 e. The number of benzene rings is 2. The Morgan fingerprint density at radius 3 is 2.54 bits per heavy atom. The van der Waals surface area contributed by atoms with E-state index in [0.717, 1.165) is 11.3 Å². The lowest BCUT2D eigenvalue weighted by atomic mass is 10.2. The molecule has 2 amide bonds. The predicted octanol–water partition coefficient (Wildman–Crippen LogP) is 3.51. The summed E-state index contributed by atoms with van der Waals surface area (Å²) < 4.78 is 5.70. The summed E-state index contributed by atoms with van der Waals surface area (Å²) in [5, 5.41) is 12.0. The van der Waals surface area contributed by atoms with Crippen molar-refractivity contribution in [2.45, 2.75) is 33.3 Å². The van der Waals surface area contributed by atoms with Crippen molar-refractivity contribution in [1.29, 1.82) is 5.26 Å². The zero-order valence-corrected chi connectivity index (χ0v) is 16.4. The number of amides is 2. The van der Waals surface area contributed by atoms with Gasteiger partial charge in [0.05, 0.1) is 12.1 Å². The van der Waals surface area contributed by atoms with Gasteiger partial charge in [-0.3, -0.25) is 9.59 Å². The SMILES string of the molecule is CCCN(CC(=O)Nc1ccccc1C)C(=O)C(C)Oc1ccccc1C#N. The molecule has 0 saturated carbocycles. The predicted molar refractivity (Wildman–Crippen MR) is 108 cm³/mol. The maximum atomic E-state index is 12.8. The Balaban J connectivity index is 2.05. The summed E-state index contributed by atoms with van der Waals surface area (Å²) in [6.45, 7) is 5.85. The van der Waals surface area contributed by atoms with Crippen LogP contribution in [0.2, 0.25) is 0 Å². The molecule has 2 aromatic carbocycles. The Bertz CT molecular complexity index is 873. The number of hydrogen-bond acceptors (Lipinski definition) is 4. The molecule has 0 spiro atoms. The first-order valence-corrected chi connectivity index (χ1v) is 9.26. The van der Waals surface area contributed by atoms with Crippen LogP contribution in [0.4, 0.5) is 5.69 Å². The average molecular weight is 379 g/mol. The molecule has 6 heteroatoms. The first kappa shape index (κ1) is 21.0. The largest absolute Gasteiger partial charge is 0.480 e. The van der Waals surface area contributed by atoms with E-state index in [0.29, 0.717) is 24.3 Å². The second kappa shape index (κ2) is 10.1. The normalized spacial score (nSPS) is 11.2. The van der Waals surface area contributed by atoms with E-state index in [-0.39, 0.29) is 18.4 Å². The highest BCUT2D eigenvalue weighted by atomic mass is 16.5. The summed E-state index contributed by atoms with van der Waals surface area (Å²) in [6.07, 6.45) is -0.0995. The van der Waals surface area contributed by atoms with Crippen LogP contribution in [0.15, 0.2) is 48.5 Å². The Labute approximate surface area is 165 Å². The van der Waals surface area contributed by atoms with Crippen LogP contribution < -0.4 is 10.1 Å². The molecule has 0 radical (unpaired) electrons. The number of hydrogen-bond donors (Lipinski definition) is 1. The van der Waals surface area contributed by atoms with Gasteiger partial charge in [-0.05, 0) is 44.0 Å². The van der Waals surface area contributed by atoms with Crippen LogP contribution in [0.5, 0.6) is 5.75 Å². The molecule has 0 saturated heterocycles. The lowest BCUT2D eigenvalue weighted by Gasteiger charge is -2.25. The number of ether oxygens (including phenoxy) is 1. The minimum atomic E-state index is -0.813. The molecule has 2 aromatic rings. The molecule has 0 aliphatic heterocycles. The molecule has 0 bridgehead atoms. The van der Waals surface area contributed by atoms with Crippen LogP contribution in [0.25, 0.3) is 0 Å². The van der Waals surface area contributed by atoms with E-state index in [1.54, 1.807) is 31.2 Å². The van der Waals surface area contributed by atoms with E-state index < -0.39 is 6.10 Å². The van der Waals surface area contributed by atoms with E-state index in [2.05, 4.69) is 5.32 Å². The summed E-state index contributed by atoms with van der Waals surface area (Å²) in [4.78, 5) is 26.8. The molecule has 1 atom stereocenters. The maximum absolute atomic E-state index is 12.8. The third-order valence-electron chi connectivity index (χ3n) is 4.22. The number of aryl methyl sites for hydroxylation is 1. The minimum absolute atomic E-state index is 0.0609. The van der Waals surface area contributed by atoms with Crippen LogP contribution in [0.3, 0.4) is 0 Å². The van der Waals surface area contributed by atoms with E-state index in [4.69, 9.17) is 10.00 Å². The van der Waals surface area contributed by atoms with E-state index in [1.165, 1.54) is 4.90 Å². The van der Waals surface area contributed by atoms with Crippen LogP contribution in [-0.2, 0) is 9.59 Å². The molecule has 146 valence electrons. The fraction of sp³-hybridized carbons (Fsp3) is 0.318. The molecule has 2 rings (SSSR count). The van der Waals surface area contributed by atoms with E-state index in [9.17, 15) is 9.59 Å². The number of carbonyl (C=O) groups excluding carboxylic acids is 2. The molecule has 28 heavy (non-hydrogen) atoms. The highest BCUT2D eigenvalue weighted by Crippen LogP contribution is 2.19. The zero-order valence-electron chi connectivity index (χ0n) is 16.4. The molecule has 6 nitrogen and oxygen atoms in total. The third kappa shape index (κ3) is 5.58. The fourth-order valence-electron chi connectivity index (χ4n) is 2.77. The first-order chi connectivity index (χ1) is 13.5. The molecule has 1 unspecified atom stereocenters. The second-order valence-electron chi connectivity index (χ2n) is 6.49. The quantitative estimate of drug-likeness (QED) is 0.761. The standard InChI is InChI=1S/C22H25N3O3/c1-4-13-25(15-21(26)24-19-11-7-5-9-16(19)2)22(27)17(3)28-20-12-8-6-10-18(20)14-23/h5-12,17H,4,13,15H2,1-3H3,(H,24,26). The number of nitrogens with one attached hydrogen (secondary N) is 1. The van der Waals surface area contributed by atoms with Gasteiger partial charge >= 0.3 is 0 Å². The zero-order chi connectivity index (χ0) is 20.5. The Hall–Kier alpha value is -3.33. The third-order valence-corrected chi connectivity index (χ3v) is 4.22. The number of para-hydroxylation sites is 2. The minimum Gasteiger partial charge on any atom is -0.480 e. The fourth-order valence-corrected chi connectivity index (χ4v) is 2.77. The highest BCUT2D eigenvalue weighted by Gasteiger charge is 2.24. The van der Waals surface area contributed by atoms with Gasteiger partial charge in [0.1, 0.15) is 11.8 Å². The van der Waals surface area contributed by atoms with Crippen molar-refractivity contribution < 1.29 is 14.3 Å². The van der Waals surface area contributed by atoms with Crippen molar-refractivity contribution >= 4 is 17.5 Å².